The van der Waals surface area contributed by atoms with Crippen LogP contribution in [0.4, 0.5) is 5.95 Å². The molecule has 1 aromatic heterocycles. The molecule has 2 heterocycles. The molecule has 2 aromatic rings. The summed E-state index contributed by atoms with van der Waals surface area (Å²) in [6.07, 6.45) is 0. The highest BCUT2D eigenvalue weighted by Crippen LogP contribution is 2.23. The SMILES string of the molecule is Cc1cc(-c2ccc(Cl)cc2)nc(N2CCN(C)CC2)n1. The van der Waals surface area contributed by atoms with Gasteiger partial charge in [-0.05, 0) is 32.2 Å². The first-order valence-electron chi connectivity index (χ1n) is 7.17. The van der Waals surface area contributed by atoms with Crippen molar-refractivity contribution >= 4 is 17.5 Å². The summed E-state index contributed by atoms with van der Waals surface area (Å²) in [6, 6.07) is 9.80. The highest BCUT2D eigenvalue weighted by molar-refractivity contribution is 6.30. The van der Waals surface area contributed by atoms with Crippen LogP contribution >= 0.6 is 11.6 Å². The Labute approximate surface area is 130 Å². The predicted molar refractivity (Wildman–Crippen MR) is 86.9 cm³/mol. The van der Waals surface area contributed by atoms with Gasteiger partial charge in [0.05, 0.1) is 5.69 Å². The van der Waals surface area contributed by atoms with Crippen molar-refractivity contribution in [2.45, 2.75) is 6.92 Å². The Morgan fingerprint density at radius 1 is 1.00 bits per heavy atom. The molecule has 1 aliphatic heterocycles. The van der Waals surface area contributed by atoms with E-state index in [2.05, 4.69) is 21.8 Å². The summed E-state index contributed by atoms with van der Waals surface area (Å²) in [6.45, 7) is 6.06. The Morgan fingerprint density at radius 3 is 2.33 bits per heavy atom. The Bertz CT molecular complexity index is 619. The lowest BCUT2D eigenvalue weighted by molar-refractivity contribution is 0.311. The second kappa shape index (κ2) is 6.00. The molecule has 5 heteroatoms. The van der Waals surface area contributed by atoms with Crippen LogP contribution in [-0.4, -0.2) is 48.1 Å². The van der Waals surface area contributed by atoms with Gasteiger partial charge < -0.3 is 9.80 Å². The van der Waals surface area contributed by atoms with Crippen LogP contribution in [0.15, 0.2) is 30.3 Å². The third kappa shape index (κ3) is 3.34. The van der Waals surface area contributed by atoms with E-state index in [4.69, 9.17) is 16.6 Å². The van der Waals surface area contributed by atoms with Gasteiger partial charge in [-0.3, -0.25) is 0 Å². The zero-order chi connectivity index (χ0) is 14.8. The van der Waals surface area contributed by atoms with Crippen molar-refractivity contribution in [3.63, 3.8) is 0 Å². The monoisotopic (exact) mass is 302 g/mol. The number of hydrogen-bond acceptors (Lipinski definition) is 4. The summed E-state index contributed by atoms with van der Waals surface area (Å²) in [5, 5.41) is 0.740. The Kier molecular flexibility index (Phi) is 4.08. The number of hydrogen-bond donors (Lipinski definition) is 0. The molecule has 0 N–H and O–H groups in total. The number of nitrogens with zero attached hydrogens (tertiary/aromatic N) is 4. The van der Waals surface area contributed by atoms with Gasteiger partial charge in [-0.15, -0.1) is 0 Å². The first-order chi connectivity index (χ1) is 10.1. The third-order valence-electron chi connectivity index (χ3n) is 3.77. The zero-order valence-electron chi connectivity index (χ0n) is 12.4. The van der Waals surface area contributed by atoms with Crippen molar-refractivity contribution in [3.05, 3.63) is 41.0 Å². The number of likely N-dealkylation sites (N-methyl/N-ethyl adjacent to an activating group) is 1. The molecular formula is C16H19ClN4. The smallest absolute Gasteiger partial charge is 0.226 e. The van der Waals surface area contributed by atoms with Crippen molar-refractivity contribution in [3.8, 4) is 11.3 Å². The molecule has 110 valence electrons. The number of benzene rings is 1. The fourth-order valence-electron chi connectivity index (χ4n) is 2.47. The number of rotatable bonds is 2. The summed E-state index contributed by atoms with van der Waals surface area (Å²) in [7, 11) is 2.15. The van der Waals surface area contributed by atoms with E-state index in [0.717, 1.165) is 54.1 Å². The first kappa shape index (κ1) is 14.3. The van der Waals surface area contributed by atoms with Gasteiger partial charge >= 0.3 is 0 Å². The van der Waals surface area contributed by atoms with Crippen molar-refractivity contribution < 1.29 is 0 Å². The number of aryl methyl sites for hydroxylation is 1. The summed E-state index contributed by atoms with van der Waals surface area (Å²) in [5.41, 5.74) is 3.01. The number of anilines is 1. The molecule has 4 nitrogen and oxygen atoms in total. The molecule has 3 rings (SSSR count). The standard InChI is InChI=1S/C16H19ClN4/c1-12-11-15(13-3-5-14(17)6-4-13)19-16(18-12)21-9-7-20(2)8-10-21/h3-6,11H,7-10H2,1-2H3. The van der Waals surface area contributed by atoms with Gasteiger partial charge in [-0.1, -0.05) is 23.7 Å². The van der Waals surface area contributed by atoms with Crippen LogP contribution in [0.1, 0.15) is 5.69 Å². The lowest BCUT2D eigenvalue weighted by Gasteiger charge is -2.32. The maximum absolute atomic E-state index is 5.95. The van der Waals surface area contributed by atoms with Crippen molar-refractivity contribution in [1.82, 2.24) is 14.9 Å². The summed E-state index contributed by atoms with van der Waals surface area (Å²) < 4.78 is 0. The minimum absolute atomic E-state index is 0.740. The molecule has 0 bridgehead atoms. The molecular weight excluding hydrogens is 284 g/mol. The van der Waals surface area contributed by atoms with Crippen LogP contribution in [0, 0.1) is 6.92 Å². The molecule has 1 aromatic carbocycles. The topological polar surface area (TPSA) is 32.3 Å². The lowest BCUT2D eigenvalue weighted by Crippen LogP contribution is -2.45. The Morgan fingerprint density at radius 2 is 1.67 bits per heavy atom. The summed E-state index contributed by atoms with van der Waals surface area (Å²) >= 11 is 5.95. The van der Waals surface area contributed by atoms with Gasteiger partial charge in [0.2, 0.25) is 5.95 Å². The van der Waals surface area contributed by atoms with Crippen molar-refractivity contribution in [2.75, 3.05) is 38.1 Å². The molecule has 0 radical (unpaired) electrons. The maximum Gasteiger partial charge on any atom is 0.226 e. The van der Waals surface area contributed by atoms with E-state index in [-0.39, 0.29) is 0 Å². The van der Waals surface area contributed by atoms with Crippen molar-refractivity contribution in [1.29, 1.82) is 0 Å². The van der Waals surface area contributed by atoms with Crippen LogP contribution < -0.4 is 4.90 Å². The van der Waals surface area contributed by atoms with E-state index >= 15 is 0 Å². The lowest BCUT2D eigenvalue weighted by atomic mass is 10.1. The fourth-order valence-corrected chi connectivity index (χ4v) is 2.60. The first-order valence-corrected chi connectivity index (χ1v) is 7.55. The van der Waals surface area contributed by atoms with Gasteiger partial charge in [0.25, 0.3) is 0 Å². The van der Waals surface area contributed by atoms with Gasteiger partial charge in [-0.2, -0.15) is 0 Å². The molecule has 0 spiro atoms. The minimum Gasteiger partial charge on any atom is -0.338 e. The van der Waals surface area contributed by atoms with Crippen LogP contribution in [0.5, 0.6) is 0 Å². The van der Waals surface area contributed by atoms with Crippen molar-refractivity contribution in [2.24, 2.45) is 0 Å². The average Bonchev–Trinajstić information content (AvgIpc) is 2.48. The zero-order valence-corrected chi connectivity index (χ0v) is 13.1. The van der Waals surface area contributed by atoms with E-state index in [1.165, 1.54) is 0 Å². The minimum atomic E-state index is 0.740. The molecule has 0 aliphatic carbocycles. The normalized spacial score (nSPS) is 16.2. The van der Waals surface area contributed by atoms with Crippen LogP contribution in [-0.2, 0) is 0 Å². The molecule has 0 unspecified atom stereocenters. The second-order valence-corrected chi connectivity index (χ2v) is 5.93. The molecule has 1 fully saturated rings. The maximum atomic E-state index is 5.95. The van der Waals surface area contributed by atoms with Gasteiger partial charge in [0.1, 0.15) is 0 Å². The molecule has 1 saturated heterocycles. The van der Waals surface area contributed by atoms with Gasteiger partial charge in [-0.25, -0.2) is 9.97 Å². The summed E-state index contributed by atoms with van der Waals surface area (Å²) in [5.74, 6) is 0.827. The van der Waals surface area contributed by atoms with Crippen LogP contribution in [0.25, 0.3) is 11.3 Å². The molecule has 1 aliphatic rings. The predicted octanol–water partition coefficient (Wildman–Crippen LogP) is 2.86. The second-order valence-electron chi connectivity index (χ2n) is 5.49. The quantitative estimate of drug-likeness (QED) is 0.854. The Hall–Kier alpha value is -1.65. The van der Waals surface area contributed by atoms with Gasteiger partial charge in [0.15, 0.2) is 0 Å². The molecule has 0 atom stereocenters. The van der Waals surface area contributed by atoms with Gasteiger partial charge in [0, 0.05) is 42.5 Å². The summed E-state index contributed by atoms with van der Waals surface area (Å²) in [4.78, 5) is 13.9. The molecule has 0 amide bonds. The largest absolute Gasteiger partial charge is 0.338 e. The van der Waals surface area contributed by atoms with E-state index < -0.39 is 0 Å². The third-order valence-corrected chi connectivity index (χ3v) is 4.02. The van der Waals surface area contributed by atoms with E-state index in [0.29, 0.717) is 0 Å². The number of aromatic nitrogens is 2. The molecule has 0 saturated carbocycles. The Balaban J connectivity index is 1.91. The van der Waals surface area contributed by atoms with Crippen LogP contribution in [0.2, 0.25) is 5.02 Å². The highest BCUT2D eigenvalue weighted by Gasteiger charge is 2.17. The van der Waals surface area contributed by atoms with E-state index in [9.17, 15) is 0 Å². The van der Waals surface area contributed by atoms with Crippen LogP contribution in [0.3, 0.4) is 0 Å². The molecule has 21 heavy (non-hydrogen) atoms. The fraction of sp³-hybridized carbons (Fsp3) is 0.375. The number of piperazine rings is 1. The van der Waals surface area contributed by atoms with E-state index in [1.807, 2.05) is 37.3 Å². The highest BCUT2D eigenvalue weighted by atomic mass is 35.5. The van der Waals surface area contributed by atoms with E-state index in [1.54, 1.807) is 0 Å². The number of halogens is 1. The average molecular weight is 303 g/mol.